The molecule has 0 saturated carbocycles. The van der Waals surface area contributed by atoms with E-state index in [9.17, 15) is 22.2 Å². The number of aromatic hydroxyl groups is 1. The van der Waals surface area contributed by atoms with Crippen LogP contribution in [0.1, 0.15) is 17.2 Å². The van der Waals surface area contributed by atoms with Gasteiger partial charge in [0.15, 0.2) is 5.75 Å². The van der Waals surface area contributed by atoms with Crippen LogP contribution in [0.25, 0.3) is 16.8 Å². The van der Waals surface area contributed by atoms with Crippen LogP contribution in [-0.2, 0) is 15.0 Å². The largest absolute Gasteiger partial charge is 0.504 e. The first kappa shape index (κ1) is 31.8. The Bertz CT molecular complexity index is 2320. The SMILES string of the molecule is COc1cc(N=Nc2c(O)c(NC3C(=C=O)C=Cc4ccccc43)cc3ccccc23)c(OC)cc1N=Nc1cccc(S(=O)(=O)F)c1. The number of rotatable bonds is 9. The smallest absolute Gasteiger partial charge is 0.332 e. The fourth-order valence-electron chi connectivity index (χ4n) is 5.24. The van der Waals surface area contributed by atoms with Gasteiger partial charge in [-0.3, -0.25) is 0 Å². The van der Waals surface area contributed by atoms with E-state index >= 15 is 0 Å². The number of azo groups is 2. The first-order valence-corrected chi connectivity index (χ1v) is 15.8. The van der Waals surface area contributed by atoms with Crippen molar-refractivity contribution in [2.75, 3.05) is 19.5 Å². The van der Waals surface area contributed by atoms with Crippen molar-refractivity contribution in [3.8, 4) is 17.2 Å². The lowest BCUT2D eigenvalue weighted by atomic mass is 9.89. The van der Waals surface area contributed by atoms with Crippen molar-refractivity contribution in [2.24, 2.45) is 20.5 Å². The van der Waals surface area contributed by atoms with Gasteiger partial charge in [0, 0.05) is 17.5 Å². The van der Waals surface area contributed by atoms with Crippen molar-refractivity contribution in [1.29, 1.82) is 0 Å². The van der Waals surface area contributed by atoms with Crippen LogP contribution < -0.4 is 14.8 Å². The summed E-state index contributed by atoms with van der Waals surface area (Å²) in [6, 6.07) is 24.1. The van der Waals surface area contributed by atoms with Crippen molar-refractivity contribution in [2.45, 2.75) is 10.9 Å². The summed E-state index contributed by atoms with van der Waals surface area (Å²) in [6.45, 7) is 0. The Morgan fingerprint density at radius 1 is 0.812 bits per heavy atom. The fourth-order valence-corrected chi connectivity index (χ4v) is 5.74. The van der Waals surface area contributed by atoms with E-state index in [-0.39, 0.29) is 40.0 Å². The Morgan fingerprint density at radius 3 is 2.21 bits per heavy atom. The molecule has 0 heterocycles. The summed E-state index contributed by atoms with van der Waals surface area (Å²) in [5, 5.41) is 33.2. The highest BCUT2D eigenvalue weighted by atomic mass is 32.3. The van der Waals surface area contributed by atoms with Gasteiger partial charge in [0.05, 0.1) is 37.2 Å². The van der Waals surface area contributed by atoms with Gasteiger partial charge in [-0.1, -0.05) is 60.7 Å². The molecule has 0 spiro atoms. The lowest BCUT2D eigenvalue weighted by molar-refractivity contribution is 0.405. The van der Waals surface area contributed by atoms with Crippen LogP contribution in [0.4, 0.5) is 32.3 Å². The number of hydrogen-bond acceptors (Lipinski definition) is 11. The highest BCUT2D eigenvalue weighted by Gasteiger charge is 2.24. The average Bonchev–Trinajstić information content (AvgIpc) is 3.10. The van der Waals surface area contributed by atoms with E-state index in [4.69, 9.17) is 9.47 Å². The van der Waals surface area contributed by atoms with Gasteiger partial charge in [-0.25, -0.2) is 4.79 Å². The normalized spacial score (nSPS) is 14.3. The lowest BCUT2D eigenvalue weighted by Gasteiger charge is -2.25. The lowest BCUT2D eigenvalue weighted by Crippen LogP contribution is -2.16. The van der Waals surface area contributed by atoms with Crippen molar-refractivity contribution in [3.05, 3.63) is 114 Å². The Morgan fingerprint density at radius 2 is 1.50 bits per heavy atom. The molecule has 0 aliphatic heterocycles. The van der Waals surface area contributed by atoms with E-state index in [0.717, 1.165) is 28.6 Å². The topological polar surface area (TPSA) is 151 Å². The molecule has 11 nitrogen and oxygen atoms in total. The summed E-state index contributed by atoms with van der Waals surface area (Å²) in [7, 11) is -2.09. The summed E-state index contributed by atoms with van der Waals surface area (Å²) in [5.41, 5.74) is 3.19. The quantitative estimate of drug-likeness (QED) is 0.0691. The number of nitrogens with zero attached hydrogens (tertiary/aromatic N) is 4. The van der Waals surface area contributed by atoms with Crippen molar-refractivity contribution in [3.63, 3.8) is 0 Å². The van der Waals surface area contributed by atoms with Crippen LogP contribution in [-0.4, -0.2) is 33.7 Å². The fraction of sp³-hybridized carbons (Fsp3) is 0.0857. The molecule has 1 atom stereocenters. The van der Waals surface area contributed by atoms with Crippen molar-refractivity contribution < 1.29 is 31.7 Å². The minimum Gasteiger partial charge on any atom is -0.504 e. The van der Waals surface area contributed by atoms with Crippen molar-refractivity contribution in [1.82, 2.24) is 0 Å². The van der Waals surface area contributed by atoms with Crippen molar-refractivity contribution >= 4 is 61.4 Å². The molecule has 0 bridgehead atoms. The maximum absolute atomic E-state index is 13.5. The van der Waals surface area contributed by atoms with E-state index in [0.29, 0.717) is 16.6 Å². The zero-order chi connectivity index (χ0) is 33.8. The summed E-state index contributed by atoms with van der Waals surface area (Å²) in [6.07, 6.45) is 3.54. The number of carbonyl (C=O) groups excluding carboxylic acids is 1. The molecular formula is C35H26FN5O6S. The Labute approximate surface area is 274 Å². The number of phenols is 1. The Kier molecular flexibility index (Phi) is 8.80. The van der Waals surface area contributed by atoms with Crippen LogP contribution in [0, 0.1) is 0 Å². The van der Waals surface area contributed by atoms with Gasteiger partial charge in [-0.2, -0.15) is 13.5 Å². The van der Waals surface area contributed by atoms with Crippen LogP contribution in [0.5, 0.6) is 17.2 Å². The zero-order valence-electron chi connectivity index (χ0n) is 25.5. The number of ether oxygens (including phenoxy) is 2. The number of hydrogen-bond donors (Lipinski definition) is 2. The third-order valence-electron chi connectivity index (χ3n) is 7.58. The van der Waals surface area contributed by atoms with E-state index in [1.807, 2.05) is 54.5 Å². The second-order valence-electron chi connectivity index (χ2n) is 10.5. The summed E-state index contributed by atoms with van der Waals surface area (Å²) in [5.74, 6) is 2.27. The molecule has 1 unspecified atom stereocenters. The predicted octanol–water partition coefficient (Wildman–Crippen LogP) is 8.99. The molecule has 0 aromatic heterocycles. The number of phenolic OH excluding ortho intramolecular Hbond substituents is 1. The van der Waals surface area contributed by atoms with Gasteiger partial charge in [0.1, 0.15) is 39.4 Å². The molecule has 1 aliphatic carbocycles. The van der Waals surface area contributed by atoms with E-state index in [1.165, 1.54) is 38.5 Å². The molecule has 0 amide bonds. The molecule has 2 N–H and O–H groups in total. The molecule has 1 aliphatic rings. The second-order valence-corrected chi connectivity index (χ2v) is 11.8. The Hall–Kier alpha value is -6.17. The molecule has 5 aromatic rings. The zero-order valence-corrected chi connectivity index (χ0v) is 26.3. The summed E-state index contributed by atoms with van der Waals surface area (Å²) < 4.78 is 47.0. The molecule has 0 radical (unpaired) electrons. The van der Waals surface area contributed by atoms with Gasteiger partial charge < -0.3 is 19.9 Å². The minimum absolute atomic E-state index is 0.0952. The van der Waals surface area contributed by atoms with Gasteiger partial charge >= 0.3 is 10.2 Å². The maximum atomic E-state index is 13.5. The molecule has 6 rings (SSSR count). The van der Waals surface area contributed by atoms with Crippen LogP contribution in [0.2, 0.25) is 0 Å². The number of fused-ring (bicyclic) bond motifs is 2. The van der Waals surface area contributed by atoms with Gasteiger partial charge in [-0.05, 0) is 46.9 Å². The minimum atomic E-state index is -4.92. The number of benzene rings is 5. The van der Waals surface area contributed by atoms with Crippen LogP contribution >= 0.6 is 0 Å². The highest BCUT2D eigenvalue weighted by Crippen LogP contribution is 2.46. The number of anilines is 1. The van der Waals surface area contributed by atoms with E-state index < -0.39 is 21.2 Å². The number of nitrogens with one attached hydrogen (secondary N) is 1. The third-order valence-corrected chi connectivity index (χ3v) is 8.40. The first-order valence-electron chi connectivity index (χ1n) is 14.4. The van der Waals surface area contributed by atoms with Crippen LogP contribution in [0.3, 0.4) is 0 Å². The number of halogens is 1. The molecule has 240 valence electrons. The molecule has 13 heteroatoms. The van der Waals surface area contributed by atoms with Crippen LogP contribution in [0.15, 0.2) is 128 Å². The summed E-state index contributed by atoms with van der Waals surface area (Å²) in [4.78, 5) is 11.3. The van der Waals surface area contributed by atoms with E-state index in [1.54, 1.807) is 18.2 Å². The van der Waals surface area contributed by atoms with Gasteiger partial charge in [0.25, 0.3) is 0 Å². The molecular weight excluding hydrogens is 637 g/mol. The van der Waals surface area contributed by atoms with E-state index in [2.05, 4.69) is 25.8 Å². The Balaban J connectivity index is 1.38. The predicted molar refractivity (Wildman–Crippen MR) is 179 cm³/mol. The molecule has 0 fully saturated rings. The molecule has 0 saturated heterocycles. The first-order chi connectivity index (χ1) is 23.2. The molecule has 48 heavy (non-hydrogen) atoms. The second kappa shape index (κ2) is 13.3. The highest BCUT2D eigenvalue weighted by molar-refractivity contribution is 7.86. The van der Waals surface area contributed by atoms with Gasteiger partial charge in [0.2, 0.25) is 0 Å². The summed E-state index contributed by atoms with van der Waals surface area (Å²) >= 11 is 0. The maximum Gasteiger partial charge on any atom is 0.332 e. The molecule has 5 aromatic carbocycles. The van der Waals surface area contributed by atoms with Gasteiger partial charge in [-0.15, -0.1) is 19.2 Å². The number of methoxy groups -OCH3 is 2. The monoisotopic (exact) mass is 663 g/mol. The standard InChI is InChI=1S/C35H26FN5O6S/c1-46-31-19-29(32(47-2)18-28(31)39-38-24-10-7-11-25(17-24)48(36,44)45)40-41-34-27-13-6-4-9-22(27)16-30(35(34)43)37-33-23(20-42)15-14-21-8-3-5-12-26(21)33/h3-19,33,37,43H,1-2H3. The third kappa shape index (κ3) is 6.41. The average molecular weight is 664 g/mol.